The predicted octanol–water partition coefficient (Wildman–Crippen LogP) is 1.24. The maximum absolute atomic E-state index is 12.3. The number of nitrogens with zero attached hydrogens (tertiary/aromatic N) is 1. The Bertz CT molecular complexity index is 701. The van der Waals surface area contributed by atoms with Crippen LogP contribution in [0.4, 0.5) is 5.69 Å². The molecule has 20 heavy (non-hydrogen) atoms. The summed E-state index contributed by atoms with van der Waals surface area (Å²) in [4.78, 5) is -0.0100. The molecule has 1 aromatic heterocycles. The number of methoxy groups -OCH3 is 1. The fourth-order valence-corrected chi connectivity index (χ4v) is 3.07. The van der Waals surface area contributed by atoms with Gasteiger partial charge in [-0.25, -0.2) is 13.1 Å². The highest BCUT2D eigenvalue weighted by Crippen LogP contribution is 2.32. The number of halogens is 1. The van der Waals surface area contributed by atoms with E-state index in [9.17, 15) is 8.42 Å². The van der Waals surface area contributed by atoms with Crippen LogP contribution in [0, 0.1) is 0 Å². The van der Waals surface area contributed by atoms with E-state index in [0.717, 1.165) is 5.56 Å². The molecule has 4 N–H and O–H groups in total. The van der Waals surface area contributed by atoms with Crippen LogP contribution in [0.2, 0.25) is 0 Å². The molecule has 0 fully saturated rings. The first kappa shape index (κ1) is 14.8. The lowest BCUT2D eigenvalue weighted by Crippen LogP contribution is -2.23. The average Bonchev–Trinajstić information content (AvgIpc) is 2.92. The smallest absolute Gasteiger partial charge is 0.244 e. The van der Waals surface area contributed by atoms with Gasteiger partial charge in [-0.1, -0.05) is 0 Å². The first-order valence-corrected chi connectivity index (χ1v) is 7.82. The quantitative estimate of drug-likeness (QED) is 0.694. The van der Waals surface area contributed by atoms with Gasteiger partial charge in [-0.05, 0) is 28.1 Å². The molecule has 108 valence electrons. The van der Waals surface area contributed by atoms with Gasteiger partial charge in [-0.2, -0.15) is 5.10 Å². The van der Waals surface area contributed by atoms with Crippen LogP contribution >= 0.6 is 15.9 Å². The molecular formula is C11H13BrN4O3S. The summed E-state index contributed by atoms with van der Waals surface area (Å²) in [5.74, 6) is 0.214. The molecule has 0 unspecified atom stereocenters. The van der Waals surface area contributed by atoms with Gasteiger partial charge in [-0.3, -0.25) is 5.10 Å². The Kier molecular flexibility index (Phi) is 4.31. The van der Waals surface area contributed by atoms with Crippen molar-refractivity contribution in [2.75, 3.05) is 12.8 Å². The maximum Gasteiger partial charge on any atom is 0.244 e. The number of anilines is 1. The average molecular weight is 361 g/mol. The van der Waals surface area contributed by atoms with Crippen LogP contribution in [0.3, 0.4) is 0 Å². The molecule has 0 atom stereocenters. The molecule has 0 radical (unpaired) electrons. The molecule has 7 nitrogen and oxygen atoms in total. The number of nitrogens with two attached hydrogens (primary N) is 1. The maximum atomic E-state index is 12.3. The second-order valence-electron chi connectivity index (χ2n) is 3.96. The minimum absolute atomic E-state index is 0.0100. The van der Waals surface area contributed by atoms with Crippen LogP contribution in [0.15, 0.2) is 33.9 Å². The minimum atomic E-state index is -3.74. The van der Waals surface area contributed by atoms with E-state index in [0.29, 0.717) is 10.2 Å². The van der Waals surface area contributed by atoms with E-state index < -0.39 is 10.0 Å². The summed E-state index contributed by atoms with van der Waals surface area (Å²) in [7, 11) is -2.34. The third-order valence-corrected chi connectivity index (χ3v) is 4.70. The number of hydrogen-bond acceptors (Lipinski definition) is 5. The Hall–Kier alpha value is -1.58. The van der Waals surface area contributed by atoms with Gasteiger partial charge in [0.2, 0.25) is 10.0 Å². The Morgan fingerprint density at radius 2 is 2.25 bits per heavy atom. The molecular weight excluding hydrogens is 348 g/mol. The number of rotatable bonds is 5. The molecule has 1 heterocycles. The van der Waals surface area contributed by atoms with Crippen molar-refractivity contribution in [2.24, 2.45) is 0 Å². The molecule has 0 spiro atoms. The lowest BCUT2D eigenvalue weighted by Gasteiger charge is -2.12. The van der Waals surface area contributed by atoms with Gasteiger partial charge in [0.15, 0.2) is 0 Å². The summed E-state index contributed by atoms with van der Waals surface area (Å²) in [6.07, 6.45) is 3.14. The normalized spacial score (nSPS) is 11.5. The number of ether oxygens (including phenoxy) is 1. The highest BCUT2D eigenvalue weighted by atomic mass is 79.9. The predicted molar refractivity (Wildman–Crippen MR) is 77.7 cm³/mol. The Morgan fingerprint density at radius 3 is 2.85 bits per heavy atom. The van der Waals surface area contributed by atoms with Crippen molar-refractivity contribution in [3.05, 3.63) is 34.6 Å². The molecule has 2 aromatic rings. The minimum Gasteiger partial charge on any atom is -0.495 e. The molecule has 0 saturated heterocycles. The zero-order chi connectivity index (χ0) is 14.8. The largest absolute Gasteiger partial charge is 0.495 e. The van der Waals surface area contributed by atoms with E-state index >= 15 is 0 Å². The number of H-pyrrole nitrogens is 1. The Labute approximate surface area is 124 Å². The van der Waals surface area contributed by atoms with Crippen molar-refractivity contribution in [3.63, 3.8) is 0 Å². The third-order valence-electron chi connectivity index (χ3n) is 2.59. The topological polar surface area (TPSA) is 110 Å². The number of nitrogens with one attached hydrogen (secondary N) is 2. The standard InChI is InChI=1S/C11H13BrN4O3S/c1-19-10-2-8(12)9(13)3-11(10)20(17,18)16-6-7-4-14-15-5-7/h2-5,16H,6,13H2,1H3,(H,14,15). The summed E-state index contributed by atoms with van der Waals surface area (Å²) in [5, 5.41) is 6.35. The van der Waals surface area contributed by atoms with Gasteiger partial charge in [0.05, 0.1) is 13.3 Å². The van der Waals surface area contributed by atoms with E-state index in [1.807, 2.05) is 0 Å². The number of aromatic nitrogens is 2. The lowest BCUT2D eigenvalue weighted by molar-refractivity contribution is 0.402. The second-order valence-corrected chi connectivity index (χ2v) is 6.55. The van der Waals surface area contributed by atoms with E-state index in [-0.39, 0.29) is 17.2 Å². The van der Waals surface area contributed by atoms with Crippen LogP contribution in [0.25, 0.3) is 0 Å². The fraction of sp³-hybridized carbons (Fsp3) is 0.182. The molecule has 0 saturated carbocycles. The number of benzene rings is 1. The molecule has 0 aliphatic heterocycles. The van der Waals surface area contributed by atoms with E-state index in [4.69, 9.17) is 10.5 Å². The number of aromatic amines is 1. The zero-order valence-corrected chi connectivity index (χ0v) is 13.0. The molecule has 0 bridgehead atoms. The number of hydrogen-bond donors (Lipinski definition) is 3. The van der Waals surface area contributed by atoms with Crippen molar-refractivity contribution < 1.29 is 13.2 Å². The van der Waals surface area contributed by atoms with Gasteiger partial charge in [-0.15, -0.1) is 0 Å². The van der Waals surface area contributed by atoms with Crippen LogP contribution in [0.1, 0.15) is 5.56 Å². The monoisotopic (exact) mass is 360 g/mol. The lowest BCUT2D eigenvalue weighted by atomic mass is 10.3. The molecule has 9 heteroatoms. The number of nitrogen functional groups attached to an aromatic ring is 1. The van der Waals surface area contributed by atoms with Crippen LogP contribution in [-0.4, -0.2) is 25.7 Å². The SMILES string of the molecule is COc1cc(Br)c(N)cc1S(=O)(=O)NCc1cn[nH]c1. The van der Waals surface area contributed by atoms with Gasteiger partial charge in [0.1, 0.15) is 10.6 Å². The molecule has 2 rings (SSSR count). The fourth-order valence-electron chi connectivity index (χ4n) is 1.55. The summed E-state index contributed by atoms with van der Waals surface area (Å²) < 4.78 is 32.7. The van der Waals surface area contributed by atoms with Crippen molar-refractivity contribution >= 4 is 31.6 Å². The van der Waals surface area contributed by atoms with E-state index in [1.165, 1.54) is 25.4 Å². The van der Waals surface area contributed by atoms with Crippen LogP contribution in [0.5, 0.6) is 5.75 Å². The highest BCUT2D eigenvalue weighted by Gasteiger charge is 2.21. The van der Waals surface area contributed by atoms with Crippen LogP contribution in [-0.2, 0) is 16.6 Å². The van der Waals surface area contributed by atoms with Gasteiger partial charge in [0, 0.05) is 28.5 Å². The zero-order valence-electron chi connectivity index (χ0n) is 10.6. The molecule has 0 amide bonds. The van der Waals surface area contributed by atoms with Crippen molar-refractivity contribution in [2.45, 2.75) is 11.4 Å². The third kappa shape index (κ3) is 3.11. The molecule has 0 aliphatic rings. The summed E-state index contributed by atoms with van der Waals surface area (Å²) in [5.41, 5.74) is 6.76. The van der Waals surface area contributed by atoms with Gasteiger partial charge < -0.3 is 10.5 Å². The summed E-state index contributed by atoms with van der Waals surface area (Å²) in [6.45, 7) is 0.123. The van der Waals surface area contributed by atoms with Crippen molar-refractivity contribution in [1.82, 2.24) is 14.9 Å². The van der Waals surface area contributed by atoms with E-state index in [2.05, 4.69) is 30.8 Å². The molecule has 0 aliphatic carbocycles. The summed E-state index contributed by atoms with van der Waals surface area (Å²) in [6, 6.07) is 2.86. The first-order valence-electron chi connectivity index (χ1n) is 5.54. The van der Waals surface area contributed by atoms with Crippen molar-refractivity contribution in [1.29, 1.82) is 0 Å². The number of sulfonamides is 1. The van der Waals surface area contributed by atoms with E-state index in [1.54, 1.807) is 6.20 Å². The van der Waals surface area contributed by atoms with Gasteiger partial charge >= 0.3 is 0 Å². The van der Waals surface area contributed by atoms with Crippen LogP contribution < -0.4 is 15.2 Å². The highest BCUT2D eigenvalue weighted by molar-refractivity contribution is 9.10. The van der Waals surface area contributed by atoms with Crippen molar-refractivity contribution in [3.8, 4) is 5.75 Å². The Balaban J connectivity index is 2.31. The van der Waals surface area contributed by atoms with Gasteiger partial charge in [0.25, 0.3) is 0 Å². The summed E-state index contributed by atoms with van der Waals surface area (Å²) >= 11 is 3.23. The second kappa shape index (κ2) is 5.81. The Morgan fingerprint density at radius 1 is 1.50 bits per heavy atom. The molecule has 1 aromatic carbocycles. The first-order chi connectivity index (χ1) is 9.44.